The zero-order valence-electron chi connectivity index (χ0n) is 8.49. The zero-order valence-corrected chi connectivity index (χ0v) is 8.49. The lowest BCUT2D eigenvalue weighted by molar-refractivity contribution is 0.790. The normalized spacial score (nSPS) is 11.0. The third-order valence-corrected chi connectivity index (χ3v) is 2.27. The summed E-state index contributed by atoms with van der Waals surface area (Å²) in [7, 11) is 3.91. The van der Waals surface area contributed by atoms with Crippen molar-refractivity contribution in [3.63, 3.8) is 0 Å². The fraction of sp³-hybridized carbons (Fsp3) is 0.400. The SMILES string of the molecule is CNCCc1cnc2c(c1)ncn2C. The van der Waals surface area contributed by atoms with E-state index in [1.807, 2.05) is 24.9 Å². The minimum atomic E-state index is 0.943. The van der Waals surface area contributed by atoms with Gasteiger partial charge in [-0.1, -0.05) is 0 Å². The van der Waals surface area contributed by atoms with E-state index in [2.05, 4.69) is 21.4 Å². The Balaban J connectivity index is 2.32. The molecule has 2 heterocycles. The number of hydrogen-bond donors (Lipinski definition) is 1. The van der Waals surface area contributed by atoms with E-state index in [0.29, 0.717) is 0 Å². The molecule has 0 unspecified atom stereocenters. The van der Waals surface area contributed by atoms with Crippen molar-refractivity contribution >= 4 is 11.2 Å². The molecule has 2 aromatic heterocycles. The topological polar surface area (TPSA) is 42.7 Å². The van der Waals surface area contributed by atoms with Crippen LogP contribution in [-0.4, -0.2) is 28.1 Å². The second kappa shape index (κ2) is 3.75. The molecule has 0 amide bonds. The highest BCUT2D eigenvalue weighted by Crippen LogP contribution is 2.10. The molecular weight excluding hydrogens is 176 g/mol. The second-order valence-electron chi connectivity index (χ2n) is 3.40. The Morgan fingerprint density at radius 1 is 1.43 bits per heavy atom. The quantitative estimate of drug-likeness (QED) is 0.776. The molecule has 0 saturated heterocycles. The maximum Gasteiger partial charge on any atom is 0.159 e. The van der Waals surface area contributed by atoms with Gasteiger partial charge in [0.2, 0.25) is 0 Å². The van der Waals surface area contributed by atoms with E-state index in [4.69, 9.17) is 0 Å². The Morgan fingerprint density at radius 2 is 2.29 bits per heavy atom. The number of aromatic nitrogens is 3. The van der Waals surface area contributed by atoms with Crippen LogP contribution in [0, 0.1) is 0 Å². The molecule has 0 aliphatic carbocycles. The van der Waals surface area contributed by atoms with Crippen LogP contribution in [0.5, 0.6) is 0 Å². The van der Waals surface area contributed by atoms with E-state index < -0.39 is 0 Å². The lowest BCUT2D eigenvalue weighted by atomic mass is 10.2. The first-order chi connectivity index (χ1) is 6.81. The van der Waals surface area contributed by atoms with Gasteiger partial charge in [0.15, 0.2) is 5.65 Å². The van der Waals surface area contributed by atoms with Gasteiger partial charge in [-0.2, -0.15) is 0 Å². The van der Waals surface area contributed by atoms with Crippen LogP contribution in [0.1, 0.15) is 5.56 Å². The largest absolute Gasteiger partial charge is 0.319 e. The number of nitrogens with one attached hydrogen (secondary N) is 1. The molecule has 2 rings (SSSR count). The maximum atomic E-state index is 4.37. The Bertz CT molecular complexity index is 433. The summed E-state index contributed by atoms with van der Waals surface area (Å²) in [4.78, 5) is 8.63. The highest BCUT2D eigenvalue weighted by atomic mass is 15.1. The average Bonchev–Trinajstić information content (AvgIpc) is 2.57. The molecule has 2 aromatic rings. The predicted octanol–water partition coefficient (Wildman–Crippen LogP) is 0.730. The van der Waals surface area contributed by atoms with Gasteiger partial charge in [0.25, 0.3) is 0 Å². The van der Waals surface area contributed by atoms with Crippen molar-refractivity contribution in [2.24, 2.45) is 7.05 Å². The van der Waals surface area contributed by atoms with Gasteiger partial charge < -0.3 is 9.88 Å². The van der Waals surface area contributed by atoms with E-state index in [1.54, 1.807) is 6.33 Å². The lowest BCUT2D eigenvalue weighted by Crippen LogP contribution is -2.10. The fourth-order valence-corrected chi connectivity index (χ4v) is 1.46. The van der Waals surface area contributed by atoms with Crippen molar-refractivity contribution in [3.05, 3.63) is 24.2 Å². The molecule has 0 aliphatic rings. The molecule has 4 nitrogen and oxygen atoms in total. The molecule has 0 aliphatic heterocycles. The monoisotopic (exact) mass is 190 g/mol. The van der Waals surface area contributed by atoms with Gasteiger partial charge >= 0.3 is 0 Å². The van der Waals surface area contributed by atoms with Gasteiger partial charge in [0, 0.05) is 13.2 Å². The number of nitrogens with zero attached hydrogens (tertiary/aromatic N) is 3. The minimum Gasteiger partial charge on any atom is -0.319 e. The van der Waals surface area contributed by atoms with Crippen molar-refractivity contribution in [3.8, 4) is 0 Å². The first kappa shape index (κ1) is 9.15. The van der Waals surface area contributed by atoms with Crippen molar-refractivity contribution in [2.45, 2.75) is 6.42 Å². The molecule has 14 heavy (non-hydrogen) atoms. The molecule has 0 fully saturated rings. The summed E-state index contributed by atoms with van der Waals surface area (Å²) in [5, 5.41) is 3.12. The van der Waals surface area contributed by atoms with Crippen molar-refractivity contribution in [1.29, 1.82) is 0 Å². The average molecular weight is 190 g/mol. The van der Waals surface area contributed by atoms with Crippen molar-refractivity contribution in [2.75, 3.05) is 13.6 Å². The lowest BCUT2D eigenvalue weighted by Gasteiger charge is -2.00. The van der Waals surface area contributed by atoms with Crippen LogP contribution in [0.15, 0.2) is 18.6 Å². The minimum absolute atomic E-state index is 0.943. The predicted molar refractivity (Wildman–Crippen MR) is 56.1 cm³/mol. The summed E-state index contributed by atoms with van der Waals surface area (Å²) >= 11 is 0. The number of rotatable bonds is 3. The molecule has 0 atom stereocenters. The summed E-state index contributed by atoms with van der Waals surface area (Å²) in [5.74, 6) is 0. The molecule has 0 aromatic carbocycles. The van der Waals surface area contributed by atoms with Gasteiger partial charge in [-0.15, -0.1) is 0 Å². The van der Waals surface area contributed by atoms with E-state index in [1.165, 1.54) is 5.56 Å². The standard InChI is InChI=1S/C10H14N4/c1-11-4-3-8-5-9-10(12-6-8)14(2)7-13-9/h5-7,11H,3-4H2,1-2H3. The van der Waals surface area contributed by atoms with Gasteiger partial charge in [0.1, 0.15) is 5.52 Å². The summed E-state index contributed by atoms with van der Waals surface area (Å²) in [5.41, 5.74) is 3.14. The number of hydrogen-bond acceptors (Lipinski definition) is 3. The number of aryl methyl sites for hydroxylation is 1. The summed E-state index contributed by atoms with van der Waals surface area (Å²) in [6, 6.07) is 2.10. The molecule has 0 bridgehead atoms. The summed E-state index contributed by atoms with van der Waals surface area (Å²) in [6.07, 6.45) is 4.71. The van der Waals surface area contributed by atoms with Gasteiger partial charge in [-0.05, 0) is 31.6 Å². The van der Waals surface area contributed by atoms with Crippen LogP contribution in [0.25, 0.3) is 11.2 Å². The molecule has 0 saturated carbocycles. The smallest absolute Gasteiger partial charge is 0.159 e. The number of pyridine rings is 1. The number of likely N-dealkylation sites (N-methyl/N-ethyl adjacent to an activating group) is 1. The highest BCUT2D eigenvalue weighted by Gasteiger charge is 2.01. The van der Waals surface area contributed by atoms with Crippen LogP contribution in [0.3, 0.4) is 0 Å². The van der Waals surface area contributed by atoms with E-state index >= 15 is 0 Å². The molecular formula is C10H14N4. The van der Waals surface area contributed by atoms with Crippen LogP contribution in [0.2, 0.25) is 0 Å². The van der Waals surface area contributed by atoms with E-state index in [-0.39, 0.29) is 0 Å². The van der Waals surface area contributed by atoms with E-state index in [0.717, 1.165) is 24.1 Å². The fourth-order valence-electron chi connectivity index (χ4n) is 1.46. The molecule has 4 heteroatoms. The van der Waals surface area contributed by atoms with Crippen molar-refractivity contribution in [1.82, 2.24) is 19.9 Å². The highest BCUT2D eigenvalue weighted by molar-refractivity contribution is 5.70. The molecule has 0 spiro atoms. The zero-order chi connectivity index (χ0) is 9.97. The van der Waals surface area contributed by atoms with Crippen LogP contribution in [-0.2, 0) is 13.5 Å². The Hall–Kier alpha value is -1.42. The van der Waals surface area contributed by atoms with E-state index in [9.17, 15) is 0 Å². The number of imidazole rings is 1. The van der Waals surface area contributed by atoms with Crippen LogP contribution in [0.4, 0.5) is 0 Å². The Labute approximate surface area is 83.0 Å². The van der Waals surface area contributed by atoms with Crippen LogP contribution < -0.4 is 5.32 Å². The first-order valence-electron chi connectivity index (χ1n) is 4.72. The van der Waals surface area contributed by atoms with Crippen molar-refractivity contribution < 1.29 is 0 Å². The molecule has 0 radical (unpaired) electrons. The third kappa shape index (κ3) is 1.61. The molecule has 74 valence electrons. The van der Waals surface area contributed by atoms with Gasteiger partial charge in [-0.3, -0.25) is 0 Å². The van der Waals surface area contributed by atoms with Crippen LogP contribution >= 0.6 is 0 Å². The van der Waals surface area contributed by atoms with Gasteiger partial charge in [-0.25, -0.2) is 9.97 Å². The third-order valence-electron chi connectivity index (χ3n) is 2.27. The first-order valence-corrected chi connectivity index (χ1v) is 4.72. The Morgan fingerprint density at radius 3 is 3.07 bits per heavy atom. The number of fused-ring (bicyclic) bond motifs is 1. The summed E-state index contributed by atoms with van der Waals surface area (Å²) in [6.45, 7) is 0.972. The Kier molecular flexibility index (Phi) is 2.45. The molecule has 1 N–H and O–H groups in total. The maximum absolute atomic E-state index is 4.37. The second-order valence-corrected chi connectivity index (χ2v) is 3.40. The summed E-state index contributed by atoms with van der Waals surface area (Å²) < 4.78 is 1.93. The van der Waals surface area contributed by atoms with Gasteiger partial charge in [0.05, 0.1) is 6.33 Å².